The second-order valence-corrected chi connectivity index (χ2v) is 6.76. The lowest BCUT2D eigenvalue weighted by Gasteiger charge is -2.21. The van der Waals surface area contributed by atoms with Crippen LogP contribution in [0.15, 0.2) is 54.6 Å². The van der Waals surface area contributed by atoms with Gasteiger partial charge in [0.15, 0.2) is 0 Å². The highest BCUT2D eigenvalue weighted by Crippen LogP contribution is 2.25. The van der Waals surface area contributed by atoms with Crippen molar-refractivity contribution in [3.63, 3.8) is 0 Å². The van der Waals surface area contributed by atoms with Gasteiger partial charge in [0.2, 0.25) is 15.9 Å². The molecule has 0 bridgehead atoms. The molecular formula is C16H18N2O4S. The maximum Gasteiger partial charge on any atom is 0.240 e. The lowest BCUT2D eigenvalue weighted by molar-refractivity contribution is -0.119. The van der Waals surface area contributed by atoms with Gasteiger partial charge in [-0.2, -0.15) is 0 Å². The van der Waals surface area contributed by atoms with Gasteiger partial charge in [0.25, 0.3) is 0 Å². The Morgan fingerprint density at radius 2 is 1.61 bits per heavy atom. The molecule has 2 rings (SSSR count). The highest BCUT2D eigenvalue weighted by Gasteiger charge is 2.20. The number of ether oxygens (including phenoxy) is 1. The fourth-order valence-electron chi connectivity index (χ4n) is 1.91. The van der Waals surface area contributed by atoms with E-state index in [1.54, 1.807) is 24.3 Å². The number of benzene rings is 2. The molecule has 0 aromatic heterocycles. The maximum absolute atomic E-state index is 11.9. The predicted octanol–water partition coefficient (Wildman–Crippen LogP) is 1.99. The summed E-state index contributed by atoms with van der Waals surface area (Å²) < 4.78 is 30.4. The minimum absolute atomic E-state index is 0.270. The number of likely N-dealkylation sites (N-methyl/N-ethyl adjacent to an activating group) is 1. The van der Waals surface area contributed by atoms with Gasteiger partial charge in [-0.15, -0.1) is 0 Å². The highest BCUT2D eigenvalue weighted by molar-refractivity contribution is 7.92. The molecule has 23 heavy (non-hydrogen) atoms. The number of amides is 1. The molecule has 0 aliphatic rings. The van der Waals surface area contributed by atoms with Crippen molar-refractivity contribution in [3.05, 3.63) is 54.6 Å². The standard InChI is InChI=1S/C16H18N2O4S/c1-17-16(19)12-18(23(2,20)21)13-8-10-15(11-9-13)22-14-6-4-3-5-7-14/h3-11H,12H2,1-2H3,(H,17,19). The summed E-state index contributed by atoms with van der Waals surface area (Å²) in [6.07, 6.45) is 1.06. The van der Waals surface area contributed by atoms with Crippen LogP contribution in [0.25, 0.3) is 0 Å². The summed E-state index contributed by atoms with van der Waals surface area (Å²) in [5.41, 5.74) is 0.400. The third-order valence-electron chi connectivity index (χ3n) is 3.07. The van der Waals surface area contributed by atoms with E-state index in [0.717, 1.165) is 10.6 Å². The Hall–Kier alpha value is -2.54. The van der Waals surface area contributed by atoms with Crippen molar-refractivity contribution < 1.29 is 17.9 Å². The lowest BCUT2D eigenvalue weighted by atomic mass is 10.3. The molecule has 0 spiro atoms. The van der Waals surface area contributed by atoms with E-state index in [4.69, 9.17) is 4.74 Å². The van der Waals surface area contributed by atoms with Crippen LogP contribution in [0, 0.1) is 0 Å². The number of hydrogen-bond acceptors (Lipinski definition) is 4. The average Bonchev–Trinajstić information content (AvgIpc) is 2.53. The van der Waals surface area contributed by atoms with Crippen molar-refractivity contribution >= 4 is 21.6 Å². The smallest absolute Gasteiger partial charge is 0.240 e. The summed E-state index contributed by atoms with van der Waals surface area (Å²) in [5, 5.41) is 2.41. The van der Waals surface area contributed by atoms with Gasteiger partial charge in [-0.1, -0.05) is 18.2 Å². The first-order chi connectivity index (χ1) is 10.9. The van der Waals surface area contributed by atoms with Crippen molar-refractivity contribution in [2.45, 2.75) is 0 Å². The van der Waals surface area contributed by atoms with Gasteiger partial charge < -0.3 is 10.1 Å². The lowest BCUT2D eigenvalue weighted by Crippen LogP contribution is -2.39. The molecule has 7 heteroatoms. The van der Waals surface area contributed by atoms with Crippen LogP contribution in [0.1, 0.15) is 0 Å². The number of rotatable bonds is 6. The monoisotopic (exact) mass is 334 g/mol. The Bertz CT molecular complexity index is 758. The van der Waals surface area contributed by atoms with E-state index in [1.807, 2.05) is 30.3 Å². The molecule has 6 nitrogen and oxygen atoms in total. The first kappa shape index (κ1) is 16.8. The Balaban J connectivity index is 2.20. The molecular weight excluding hydrogens is 316 g/mol. The fraction of sp³-hybridized carbons (Fsp3) is 0.188. The fourth-order valence-corrected chi connectivity index (χ4v) is 2.77. The summed E-state index contributed by atoms with van der Waals surface area (Å²) >= 11 is 0. The molecule has 0 aliphatic carbocycles. The van der Waals surface area contributed by atoms with Crippen LogP contribution in [0.3, 0.4) is 0 Å². The summed E-state index contributed by atoms with van der Waals surface area (Å²) in [6.45, 7) is -0.270. The minimum Gasteiger partial charge on any atom is -0.457 e. The summed E-state index contributed by atoms with van der Waals surface area (Å²) in [4.78, 5) is 11.5. The molecule has 0 saturated carbocycles. The quantitative estimate of drug-likeness (QED) is 0.876. The summed E-state index contributed by atoms with van der Waals surface area (Å²) in [7, 11) is -2.11. The SMILES string of the molecule is CNC(=O)CN(c1ccc(Oc2ccccc2)cc1)S(C)(=O)=O. The van der Waals surface area contributed by atoms with E-state index >= 15 is 0 Å². The average molecular weight is 334 g/mol. The molecule has 0 radical (unpaired) electrons. The summed E-state index contributed by atoms with van der Waals surface area (Å²) in [5.74, 6) is 0.874. The van der Waals surface area contributed by atoms with Crippen molar-refractivity contribution in [1.82, 2.24) is 5.32 Å². The zero-order chi connectivity index (χ0) is 16.9. The van der Waals surface area contributed by atoms with Crippen molar-refractivity contribution in [2.75, 3.05) is 24.2 Å². The Kier molecular flexibility index (Phi) is 5.23. The second kappa shape index (κ2) is 7.15. The predicted molar refractivity (Wildman–Crippen MR) is 89.2 cm³/mol. The van der Waals surface area contributed by atoms with Gasteiger partial charge in [-0.25, -0.2) is 8.42 Å². The highest BCUT2D eigenvalue weighted by atomic mass is 32.2. The normalized spacial score (nSPS) is 10.9. The van der Waals surface area contributed by atoms with Crippen molar-refractivity contribution in [1.29, 1.82) is 0 Å². The number of anilines is 1. The van der Waals surface area contributed by atoms with Gasteiger partial charge in [0, 0.05) is 7.05 Å². The third-order valence-corrected chi connectivity index (χ3v) is 4.21. The number of hydrogen-bond donors (Lipinski definition) is 1. The molecule has 122 valence electrons. The molecule has 1 amide bonds. The first-order valence-corrected chi connectivity index (χ1v) is 8.76. The number of para-hydroxylation sites is 1. The van der Waals surface area contributed by atoms with Crippen LogP contribution in [0.2, 0.25) is 0 Å². The summed E-state index contributed by atoms with van der Waals surface area (Å²) in [6, 6.07) is 15.8. The third kappa shape index (κ3) is 4.72. The Labute approximate surface area is 135 Å². The van der Waals surface area contributed by atoms with Crippen LogP contribution in [0.5, 0.6) is 11.5 Å². The van der Waals surface area contributed by atoms with E-state index in [1.165, 1.54) is 7.05 Å². The topological polar surface area (TPSA) is 75.7 Å². The molecule has 2 aromatic carbocycles. The molecule has 0 fully saturated rings. The van der Waals surface area contributed by atoms with Crippen LogP contribution < -0.4 is 14.4 Å². The van der Waals surface area contributed by atoms with E-state index in [9.17, 15) is 13.2 Å². The molecule has 0 aliphatic heterocycles. The van der Waals surface area contributed by atoms with E-state index < -0.39 is 10.0 Å². The van der Waals surface area contributed by atoms with Gasteiger partial charge in [-0.05, 0) is 36.4 Å². The van der Waals surface area contributed by atoms with Crippen molar-refractivity contribution in [3.8, 4) is 11.5 Å². The Morgan fingerprint density at radius 1 is 1.04 bits per heavy atom. The van der Waals surface area contributed by atoms with Crippen LogP contribution in [-0.4, -0.2) is 34.2 Å². The zero-order valence-corrected chi connectivity index (χ0v) is 13.7. The number of carbonyl (C=O) groups is 1. The van der Waals surface area contributed by atoms with Gasteiger partial charge in [0.05, 0.1) is 11.9 Å². The molecule has 1 N–H and O–H groups in total. The molecule has 0 heterocycles. The van der Waals surface area contributed by atoms with Gasteiger partial charge >= 0.3 is 0 Å². The zero-order valence-electron chi connectivity index (χ0n) is 12.9. The Morgan fingerprint density at radius 3 is 2.13 bits per heavy atom. The van der Waals surface area contributed by atoms with Crippen LogP contribution in [-0.2, 0) is 14.8 Å². The van der Waals surface area contributed by atoms with E-state index in [0.29, 0.717) is 17.2 Å². The van der Waals surface area contributed by atoms with Gasteiger partial charge in [-0.3, -0.25) is 9.10 Å². The molecule has 0 unspecified atom stereocenters. The largest absolute Gasteiger partial charge is 0.457 e. The first-order valence-electron chi connectivity index (χ1n) is 6.91. The van der Waals surface area contributed by atoms with E-state index in [-0.39, 0.29) is 12.5 Å². The van der Waals surface area contributed by atoms with E-state index in [2.05, 4.69) is 5.32 Å². The number of carbonyl (C=O) groups excluding carboxylic acids is 1. The number of nitrogens with zero attached hydrogens (tertiary/aromatic N) is 1. The number of sulfonamides is 1. The maximum atomic E-state index is 11.9. The van der Waals surface area contributed by atoms with Crippen molar-refractivity contribution in [2.24, 2.45) is 0 Å². The molecule has 2 aromatic rings. The number of nitrogens with one attached hydrogen (secondary N) is 1. The second-order valence-electron chi connectivity index (χ2n) is 4.85. The van der Waals surface area contributed by atoms with Crippen LogP contribution in [0.4, 0.5) is 5.69 Å². The minimum atomic E-state index is -3.56. The van der Waals surface area contributed by atoms with Gasteiger partial charge in [0.1, 0.15) is 18.0 Å². The van der Waals surface area contributed by atoms with Crippen LogP contribution >= 0.6 is 0 Å². The molecule has 0 saturated heterocycles. The molecule has 0 atom stereocenters.